The standard InChI is InChI=1S/C25H38N4O2/c1-18(2)29(19(3)4)24(30)17-28-22-14-9-8-13-21(22)27-23(28)15-10-16-26-25(31)20-11-6-5-7-12-20/h8-9,13-14,18-20H,5-7,10-12,15-17H2,1-4H3,(H,26,31). The van der Waals surface area contributed by atoms with Gasteiger partial charge in [0.1, 0.15) is 12.4 Å². The van der Waals surface area contributed by atoms with Gasteiger partial charge in [0.2, 0.25) is 11.8 Å². The maximum atomic E-state index is 13.1. The molecule has 1 N–H and O–H groups in total. The van der Waals surface area contributed by atoms with Crippen molar-refractivity contribution in [1.82, 2.24) is 19.8 Å². The van der Waals surface area contributed by atoms with Gasteiger partial charge in [0.05, 0.1) is 11.0 Å². The number of carbonyl (C=O) groups is 2. The van der Waals surface area contributed by atoms with Crippen LogP contribution in [0.4, 0.5) is 0 Å². The summed E-state index contributed by atoms with van der Waals surface area (Å²) in [4.78, 5) is 32.2. The van der Waals surface area contributed by atoms with E-state index in [1.807, 2.05) is 29.2 Å². The highest BCUT2D eigenvalue weighted by atomic mass is 16.2. The van der Waals surface area contributed by atoms with E-state index in [1.54, 1.807) is 0 Å². The summed E-state index contributed by atoms with van der Waals surface area (Å²) >= 11 is 0. The van der Waals surface area contributed by atoms with E-state index in [-0.39, 0.29) is 29.8 Å². The van der Waals surface area contributed by atoms with Gasteiger partial charge in [-0.25, -0.2) is 4.98 Å². The molecule has 2 aromatic rings. The van der Waals surface area contributed by atoms with Crippen LogP contribution in [0.3, 0.4) is 0 Å². The second-order valence-corrected chi connectivity index (χ2v) is 9.32. The molecule has 0 bridgehead atoms. The van der Waals surface area contributed by atoms with E-state index in [0.29, 0.717) is 13.1 Å². The number of rotatable bonds is 9. The summed E-state index contributed by atoms with van der Waals surface area (Å²) in [6.07, 6.45) is 7.17. The molecule has 0 atom stereocenters. The van der Waals surface area contributed by atoms with Crippen molar-refractivity contribution in [3.05, 3.63) is 30.1 Å². The zero-order valence-corrected chi connectivity index (χ0v) is 19.6. The Bertz CT molecular complexity index is 873. The Balaban J connectivity index is 1.66. The Morgan fingerprint density at radius 1 is 1.10 bits per heavy atom. The van der Waals surface area contributed by atoms with Crippen LogP contribution in [0.2, 0.25) is 0 Å². The normalized spacial score (nSPS) is 15.0. The molecule has 170 valence electrons. The van der Waals surface area contributed by atoms with Crippen LogP contribution in [0.25, 0.3) is 11.0 Å². The fourth-order valence-corrected chi connectivity index (χ4v) is 4.85. The maximum Gasteiger partial charge on any atom is 0.243 e. The van der Waals surface area contributed by atoms with Crippen molar-refractivity contribution in [1.29, 1.82) is 0 Å². The molecule has 0 spiro atoms. The first-order chi connectivity index (χ1) is 14.9. The summed E-state index contributed by atoms with van der Waals surface area (Å²) < 4.78 is 2.05. The lowest BCUT2D eigenvalue weighted by Gasteiger charge is -2.31. The monoisotopic (exact) mass is 426 g/mol. The summed E-state index contributed by atoms with van der Waals surface area (Å²) in [5, 5.41) is 3.11. The molecule has 6 heteroatoms. The smallest absolute Gasteiger partial charge is 0.243 e. The Labute approximate surface area is 186 Å². The number of para-hydroxylation sites is 2. The predicted octanol–water partition coefficient (Wildman–Crippen LogP) is 4.31. The van der Waals surface area contributed by atoms with Crippen molar-refractivity contribution in [3.8, 4) is 0 Å². The van der Waals surface area contributed by atoms with Gasteiger partial charge in [0.25, 0.3) is 0 Å². The molecule has 1 saturated carbocycles. The van der Waals surface area contributed by atoms with Crippen LogP contribution in [-0.4, -0.2) is 44.9 Å². The number of nitrogens with one attached hydrogen (secondary N) is 1. The van der Waals surface area contributed by atoms with E-state index in [4.69, 9.17) is 4.98 Å². The first kappa shape index (κ1) is 23.3. The molecule has 1 fully saturated rings. The fraction of sp³-hybridized carbons (Fsp3) is 0.640. The second-order valence-electron chi connectivity index (χ2n) is 9.32. The number of fused-ring (bicyclic) bond motifs is 1. The Kier molecular flexibility index (Phi) is 8.10. The van der Waals surface area contributed by atoms with Crippen LogP contribution < -0.4 is 5.32 Å². The lowest BCUT2D eigenvalue weighted by molar-refractivity contribution is -0.135. The van der Waals surface area contributed by atoms with Crippen LogP contribution in [0, 0.1) is 5.92 Å². The van der Waals surface area contributed by atoms with E-state index >= 15 is 0 Å². The second kappa shape index (κ2) is 10.8. The molecule has 1 aromatic carbocycles. The van der Waals surface area contributed by atoms with Gasteiger partial charge in [0.15, 0.2) is 0 Å². The molecule has 2 amide bonds. The molecular formula is C25H38N4O2. The molecule has 6 nitrogen and oxygen atoms in total. The number of hydrogen-bond donors (Lipinski definition) is 1. The molecule has 0 radical (unpaired) electrons. The van der Waals surface area contributed by atoms with Gasteiger partial charge in [-0.3, -0.25) is 9.59 Å². The fourth-order valence-electron chi connectivity index (χ4n) is 4.85. The molecule has 0 unspecified atom stereocenters. The van der Waals surface area contributed by atoms with Crippen LogP contribution in [-0.2, 0) is 22.6 Å². The number of nitrogens with zero attached hydrogens (tertiary/aromatic N) is 3. The summed E-state index contributed by atoms with van der Waals surface area (Å²) in [5.41, 5.74) is 1.90. The minimum atomic E-state index is 0.111. The van der Waals surface area contributed by atoms with Crippen molar-refractivity contribution >= 4 is 22.8 Å². The van der Waals surface area contributed by atoms with Crippen LogP contribution in [0.5, 0.6) is 0 Å². The van der Waals surface area contributed by atoms with Crippen LogP contribution in [0.1, 0.15) is 72.0 Å². The number of carbonyl (C=O) groups excluding carboxylic acids is 2. The summed E-state index contributed by atoms with van der Waals surface area (Å²) in [7, 11) is 0. The number of amides is 2. The van der Waals surface area contributed by atoms with Crippen molar-refractivity contribution < 1.29 is 9.59 Å². The van der Waals surface area contributed by atoms with Gasteiger partial charge in [-0.15, -0.1) is 0 Å². The molecule has 0 saturated heterocycles. The number of benzene rings is 1. The molecule has 3 rings (SSSR count). The number of aryl methyl sites for hydroxylation is 1. The zero-order valence-electron chi connectivity index (χ0n) is 19.6. The maximum absolute atomic E-state index is 13.1. The Morgan fingerprint density at radius 3 is 2.45 bits per heavy atom. The third kappa shape index (κ3) is 5.86. The number of imidazole rings is 1. The SMILES string of the molecule is CC(C)N(C(=O)Cn1c(CCCNC(=O)C2CCCCC2)nc2ccccc21)C(C)C. The zero-order chi connectivity index (χ0) is 22.4. The average molecular weight is 427 g/mol. The number of aromatic nitrogens is 2. The summed E-state index contributed by atoms with van der Waals surface area (Å²) in [5.74, 6) is 1.41. The topological polar surface area (TPSA) is 67.2 Å². The Morgan fingerprint density at radius 2 is 1.77 bits per heavy atom. The minimum absolute atomic E-state index is 0.111. The largest absolute Gasteiger partial charge is 0.356 e. The molecule has 1 aromatic heterocycles. The van der Waals surface area contributed by atoms with Crippen molar-refractivity contribution in [3.63, 3.8) is 0 Å². The molecular weight excluding hydrogens is 388 g/mol. The van der Waals surface area contributed by atoms with E-state index < -0.39 is 0 Å². The van der Waals surface area contributed by atoms with Crippen LogP contribution in [0.15, 0.2) is 24.3 Å². The third-order valence-corrected chi connectivity index (χ3v) is 6.28. The van der Waals surface area contributed by atoms with Crippen molar-refractivity contribution in [2.75, 3.05) is 6.54 Å². The van der Waals surface area contributed by atoms with Crippen LogP contribution >= 0.6 is 0 Å². The van der Waals surface area contributed by atoms with E-state index in [0.717, 1.165) is 42.5 Å². The van der Waals surface area contributed by atoms with Gasteiger partial charge in [-0.1, -0.05) is 31.4 Å². The van der Waals surface area contributed by atoms with E-state index in [1.165, 1.54) is 19.3 Å². The third-order valence-electron chi connectivity index (χ3n) is 6.28. The predicted molar refractivity (Wildman–Crippen MR) is 125 cm³/mol. The highest BCUT2D eigenvalue weighted by Gasteiger charge is 2.23. The van der Waals surface area contributed by atoms with Gasteiger partial charge in [-0.05, 0) is 59.1 Å². The lowest BCUT2D eigenvalue weighted by atomic mass is 9.89. The molecule has 1 aliphatic carbocycles. The molecule has 31 heavy (non-hydrogen) atoms. The first-order valence-corrected chi connectivity index (χ1v) is 11.9. The van der Waals surface area contributed by atoms with Gasteiger partial charge in [-0.2, -0.15) is 0 Å². The lowest BCUT2D eigenvalue weighted by Crippen LogP contribution is -2.43. The quantitative estimate of drug-likeness (QED) is 0.608. The van der Waals surface area contributed by atoms with E-state index in [9.17, 15) is 9.59 Å². The molecule has 0 aliphatic heterocycles. The highest BCUT2D eigenvalue weighted by molar-refractivity contribution is 5.81. The summed E-state index contributed by atoms with van der Waals surface area (Å²) in [6, 6.07) is 8.29. The van der Waals surface area contributed by atoms with E-state index in [2.05, 4.69) is 37.6 Å². The first-order valence-electron chi connectivity index (χ1n) is 11.9. The van der Waals surface area contributed by atoms with Crippen molar-refractivity contribution in [2.24, 2.45) is 5.92 Å². The Hall–Kier alpha value is -2.37. The number of hydrogen-bond acceptors (Lipinski definition) is 3. The highest BCUT2D eigenvalue weighted by Crippen LogP contribution is 2.23. The minimum Gasteiger partial charge on any atom is -0.356 e. The van der Waals surface area contributed by atoms with Gasteiger partial charge in [0, 0.05) is 31.0 Å². The van der Waals surface area contributed by atoms with Crippen molar-refractivity contribution in [2.45, 2.75) is 91.3 Å². The van der Waals surface area contributed by atoms with Gasteiger partial charge < -0.3 is 14.8 Å². The molecule has 1 heterocycles. The van der Waals surface area contributed by atoms with Gasteiger partial charge >= 0.3 is 0 Å². The molecule has 1 aliphatic rings. The average Bonchev–Trinajstić information content (AvgIpc) is 3.08. The summed E-state index contributed by atoms with van der Waals surface area (Å²) in [6.45, 7) is 9.16.